The standard InChI is InChI=1S/C14H14ClN3O4S/c1-22-13-6-4-10(8-16-13)17-14(19)9-3-5-11(15)12(7-9)18-23(2,20)21/h3-8,18H,1-2H3,(H,17,19). The quantitative estimate of drug-likeness (QED) is 0.858. The fraction of sp³-hybridized carbons (Fsp3) is 0.143. The monoisotopic (exact) mass is 355 g/mol. The number of nitrogens with zero attached hydrogens (tertiary/aromatic N) is 1. The van der Waals surface area contributed by atoms with E-state index in [1.807, 2.05) is 0 Å². The van der Waals surface area contributed by atoms with Crippen LogP contribution < -0.4 is 14.8 Å². The maximum Gasteiger partial charge on any atom is 0.255 e. The first kappa shape index (κ1) is 17.0. The molecule has 1 aromatic carbocycles. The lowest BCUT2D eigenvalue weighted by Crippen LogP contribution is -2.14. The highest BCUT2D eigenvalue weighted by molar-refractivity contribution is 7.92. The number of carbonyl (C=O) groups excluding carboxylic acids is 1. The van der Waals surface area contributed by atoms with Crippen LogP contribution in [0.25, 0.3) is 0 Å². The molecule has 0 fully saturated rings. The molecule has 2 N–H and O–H groups in total. The second-order valence-corrected chi connectivity index (χ2v) is 6.77. The zero-order valence-corrected chi connectivity index (χ0v) is 13.9. The first-order valence-electron chi connectivity index (χ1n) is 6.37. The van der Waals surface area contributed by atoms with E-state index >= 15 is 0 Å². The zero-order valence-electron chi connectivity index (χ0n) is 12.3. The van der Waals surface area contributed by atoms with Gasteiger partial charge in [0.15, 0.2) is 0 Å². The molecule has 0 spiro atoms. The maximum absolute atomic E-state index is 12.2. The van der Waals surface area contributed by atoms with Crippen LogP contribution in [0.15, 0.2) is 36.5 Å². The number of sulfonamides is 1. The lowest BCUT2D eigenvalue weighted by molar-refractivity contribution is 0.102. The summed E-state index contributed by atoms with van der Waals surface area (Å²) in [4.78, 5) is 16.2. The fourth-order valence-corrected chi connectivity index (χ4v) is 2.51. The molecule has 1 heterocycles. The molecule has 2 aromatic rings. The van der Waals surface area contributed by atoms with Gasteiger partial charge < -0.3 is 10.1 Å². The zero-order chi connectivity index (χ0) is 17.0. The van der Waals surface area contributed by atoms with Crippen molar-refractivity contribution < 1.29 is 17.9 Å². The number of methoxy groups -OCH3 is 1. The number of hydrogen-bond donors (Lipinski definition) is 2. The topological polar surface area (TPSA) is 97.4 Å². The Morgan fingerprint density at radius 1 is 1.26 bits per heavy atom. The van der Waals surface area contributed by atoms with Gasteiger partial charge in [-0.15, -0.1) is 0 Å². The number of pyridine rings is 1. The van der Waals surface area contributed by atoms with Crippen LogP contribution in [0, 0.1) is 0 Å². The van der Waals surface area contributed by atoms with Crippen molar-refractivity contribution in [2.75, 3.05) is 23.4 Å². The predicted octanol–water partition coefficient (Wildman–Crippen LogP) is 2.37. The Bertz CT molecular complexity index is 822. The van der Waals surface area contributed by atoms with Crippen LogP contribution >= 0.6 is 11.6 Å². The Morgan fingerprint density at radius 3 is 2.57 bits per heavy atom. The average molecular weight is 356 g/mol. The van der Waals surface area contributed by atoms with Crippen molar-refractivity contribution in [2.24, 2.45) is 0 Å². The molecular formula is C14H14ClN3O4S. The molecule has 0 radical (unpaired) electrons. The second kappa shape index (κ2) is 6.84. The number of carbonyl (C=O) groups is 1. The number of aromatic nitrogens is 1. The van der Waals surface area contributed by atoms with E-state index in [9.17, 15) is 13.2 Å². The van der Waals surface area contributed by atoms with Crippen molar-refractivity contribution in [1.82, 2.24) is 4.98 Å². The SMILES string of the molecule is COc1ccc(NC(=O)c2ccc(Cl)c(NS(C)(=O)=O)c2)cn1. The minimum Gasteiger partial charge on any atom is -0.481 e. The van der Waals surface area contributed by atoms with Crippen LogP contribution in [-0.4, -0.2) is 32.7 Å². The molecule has 0 saturated carbocycles. The Kier molecular flexibility index (Phi) is 5.07. The van der Waals surface area contributed by atoms with Crippen LogP contribution in [0.1, 0.15) is 10.4 Å². The summed E-state index contributed by atoms with van der Waals surface area (Å²) in [5, 5.41) is 2.83. The Balaban J connectivity index is 2.20. The normalized spacial score (nSPS) is 10.9. The van der Waals surface area contributed by atoms with Crippen molar-refractivity contribution in [1.29, 1.82) is 0 Å². The molecule has 1 aromatic heterocycles. The smallest absolute Gasteiger partial charge is 0.255 e. The Morgan fingerprint density at radius 2 is 2.00 bits per heavy atom. The largest absolute Gasteiger partial charge is 0.481 e. The van der Waals surface area contributed by atoms with Gasteiger partial charge in [-0.3, -0.25) is 9.52 Å². The first-order valence-corrected chi connectivity index (χ1v) is 8.64. The van der Waals surface area contributed by atoms with Crippen LogP contribution in [0.2, 0.25) is 5.02 Å². The first-order chi connectivity index (χ1) is 10.8. The van der Waals surface area contributed by atoms with E-state index in [0.717, 1.165) is 6.26 Å². The van der Waals surface area contributed by atoms with E-state index in [-0.39, 0.29) is 16.3 Å². The van der Waals surface area contributed by atoms with Gasteiger partial charge in [0, 0.05) is 11.6 Å². The molecule has 9 heteroatoms. The number of anilines is 2. The summed E-state index contributed by atoms with van der Waals surface area (Å²) in [7, 11) is -2.01. The minimum absolute atomic E-state index is 0.134. The molecule has 23 heavy (non-hydrogen) atoms. The summed E-state index contributed by atoms with van der Waals surface area (Å²) in [6, 6.07) is 7.53. The van der Waals surface area contributed by atoms with E-state index in [2.05, 4.69) is 15.0 Å². The molecule has 7 nitrogen and oxygen atoms in total. The number of rotatable bonds is 5. The third kappa shape index (κ3) is 4.83. The summed E-state index contributed by atoms with van der Waals surface area (Å²) >= 11 is 5.92. The number of amides is 1. The fourth-order valence-electron chi connectivity index (χ4n) is 1.72. The highest BCUT2D eigenvalue weighted by atomic mass is 35.5. The van der Waals surface area contributed by atoms with Gasteiger partial charge in [0.25, 0.3) is 5.91 Å². The maximum atomic E-state index is 12.2. The predicted molar refractivity (Wildman–Crippen MR) is 88.7 cm³/mol. The van der Waals surface area contributed by atoms with Crippen LogP contribution in [-0.2, 0) is 10.0 Å². The molecule has 0 aliphatic carbocycles. The van der Waals surface area contributed by atoms with Gasteiger partial charge in [0.2, 0.25) is 15.9 Å². The number of hydrogen-bond acceptors (Lipinski definition) is 5. The van der Waals surface area contributed by atoms with E-state index in [4.69, 9.17) is 16.3 Å². The van der Waals surface area contributed by atoms with Gasteiger partial charge in [0.05, 0.1) is 36.0 Å². The molecule has 0 bridgehead atoms. The van der Waals surface area contributed by atoms with Gasteiger partial charge in [-0.1, -0.05) is 11.6 Å². The average Bonchev–Trinajstić information content (AvgIpc) is 2.49. The molecule has 1 amide bonds. The van der Waals surface area contributed by atoms with Crippen LogP contribution in [0.4, 0.5) is 11.4 Å². The van der Waals surface area contributed by atoms with Gasteiger partial charge in [-0.2, -0.15) is 0 Å². The van der Waals surface area contributed by atoms with Crippen molar-refractivity contribution in [3.63, 3.8) is 0 Å². The number of halogens is 1. The highest BCUT2D eigenvalue weighted by Crippen LogP contribution is 2.24. The molecule has 0 unspecified atom stereocenters. The number of nitrogens with one attached hydrogen (secondary N) is 2. The van der Waals surface area contributed by atoms with Gasteiger partial charge in [-0.25, -0.2) is 13.4 Å². The van der Waals surface area contributed by atoms with E-state index < -0.39 is 15.9 Å². The van der Waals surface area contributed by atoms with E-state index in [0.29, 0.717) is 11.6 Å². The third-order valence-electron chi connectivity index (χ3n) is 2.73. The lowest BCUT2D eigenvalue weighted by Gasteiger charge is -2.09. The molecule has 0 saturated heterocycles. The summed E-state index contributed by atoms with van der Waals surface area (Å²) in [6.45, 7) is 0. The molecule has 2 rings (SSSR count). The van der Waals surface area contributed by atoms with Gasteiger partial charge in [-0.05, 0) is 24.3 Å². The minimum atomic E-state index is -3.50. The third-order valence-corrected chi connectivity index (χ3v) is 3.65. The number of ether oxygens (including phenoxy) is 1. The molecule has 0 aliphatic rings. The molecule has 0 aliphatic heterocycles. The van der Waals surface area contributed by atoms with Crippen molar-refractivity contribution >= 4 is 38.9 Å². The Hall–Kier alpha value is -2.32. The summed E-state index contributed by atoms with van der Waals surface area (Å²) in [5.41, 5.74) is 0.856. The highest BCUT2D eigenvalue weighted by Gasteiger charge is 2.12. The van der Waals surface area contributed by atoms with E-state index in [1.165, 1.54) is 31.5 Å². The van der Waals surface area contributed by atoms with E-state index in [1.54, 1.807) is 12.1 Å². The lowest BCUT2D eigenvalue weighted by atomic mass is 10.2. The second-order valence-electron chi connectivity index (χ2n) is 4.61. The van der Waals surface area contributed by atoms with Crippen LogP contribution in [0.5, 0.6) is 5.88 Å². The number of benzene rings is 1. The van der Waals surface area contributed by atoms with Crippen molar-refractivity contribution in [3.05, 3.63) is 47.1 Å². The summed E-state index contributed by atoms with van der Waals surface area (Å²) in [5.74, 6) is -0.000634. The molecule has 122 valence electrons. The Labute approximate surface area is 138 Å². The summed E-state index contributed by atoms with van der Waals surface area (Å²) < 4.78 is 29.8. The summed E-state index contributed by atoms with van der Waals surface area (Å²) in [6.07, 6.45) is 2.45. The molecular weight excluding hydrogens is 342 g/mol. The van der Waals surface area contributed by atoms with Crippen LogP contribution in [0.3, 0.4) is 0 Å². The van der Waals surface area contributed by atoms with Gasteiger partial charge >= 0.3 is 0 Å². The molecule has 0 atom stereocenters. The van der Waals surface area contributed by atoms with Gasteiger partial charge in [0.1, 0.15) is 0 Å². The van der Waals surface area contributed by atoms with Crippen molar-refractivity contribution in [2.45, 2.75) is 0 Å². The van der Waals surface area contributed by atoms with Crippen molar-refractivity contribution in [3.8, 4) is 5.88 Å².